The van der Waals surface area contributed by atoms with Crippen molar-refractivity contribution in [3.05, 3.63) is 23.2 Å². The van der Waals surface area contributed by atoms with Crippen molar-refractivity contribution in [2.24, 2.45) is 0 Å². The molecule has 0 saturated heterocycles. The first-order valence-electron chi connectivity index (χ1n) is 7.44. The Balaban J connectivity index is 1.61. The number of anilines is 2. The zero-order valence-electron chi connectivity index (χ0n) is 12.4. The van der Waals surface area contributed by atoms with Crippen LogP contribution in [0.4, 0.5) is 10.8 Å². The predicted molar refractivity (Wildman–Crippen MR) is 84.9 cm³/mol. The van der Waals surface area contributed by atoms with Gasteiger partial charge in [0.05, 0.1) is 0 Å². The molecule has 118 valence electrons. The minimum atomic E-state index is -0.531. The van der Waals surface area contributed by atoms with Gasteiger partial charge >= 0.3 is 0 Å². The standard InChI is InChI=1S/C15H19N3O3S/c1-2-3-4-5-11(19)14-17-18-15(22-14)16-10-6-7-12-13(8-10)21-9-20-12/h6-8,11,19H,2-5,9H2,1H3,(H,16,18). The fourth-order valence-corrected chi connectivity index (χ4v) is 3.01. The highest BCUT2D eigenvalue weighted by atomic mass is 32.1. The van der Waals surface area contributed by atoms with Crippen LogP contribution in [0.5, 0.6) is 11.5 Å². The molecule has 1 aromatic heterocycles. The molecule has 2 N–H and O–H groups in total. The van der Waals surface area contributed by atoms with E-state index in [1.807, 2.05) is 18.2 Å². The smallest absolute Gasteiger partial charge is 0.231 e. The summed E-state index contributed by atoms with van der Waals surface area (Å²) >= 11 is 1.37. The summed E-state index contributed by atoms with van der Waals surface area (Å²) in [6, 6.07) is 5.61. The third-order valence-electron chi connectivity index (χ3n) is 3.43. The van der Waals surface area contributed by atoms with E-state index in [0.29, 0.717) is 15.9 Å². The van der Waals surface area contributed by atoms with Crippen LogP contribution in [0, 0.1) is 0 Å². The van der Waals surface area contributed by atoms with Gasteiger partial charge < -0.3 is 19.9 Å². The van der Waals surface area contributed by atoms with Crippen LogP contribution in [0.2, 0.25) is 0 Å². The molecule has 3 rings (SSSR count). The molecular weight excluding hydrogens is 302 g/mol. The molecule has 0 bridgehead atoms. The van der Waals surface area contributed by atoms with Crippen molar-refractivity contribution in [1.29, 1.82) is 0 Å². The zero-order valence-corrected chi connectivity index (χ0v) is 13.2. The van der Waals surface area contributed by atoms with Crippen molar-refractivity contribution in [3.8, 4) is 11.5 Å². The van der Waals surface area contributed by atoms with E-state index in [1.54, 1.807) is 0 Å². The Morgan fingerprint density at radius 2 is 2.14 bits per heavy atom. The van der Waals surface area contributed by atoms with Crippen LogP contribution >= 0.6 is 11.3 Å². The summed E-state index contributed by atoms with van der Waals surface area (Å²) in [7, 11) is 0. The molecule has 1 aromatic carbocycles. The maximum Gasteiger partial charge on any atom is 0.231 e. The van der Waals surface area contributed by atoms with Crippen LogP contribution in [-0.4, -0.2) is 22.1 Å². The lowest BCUT2D eigenvalue weighted by atomic mass is 10.1. The number of benzene rings is 1. The number of fused-ring (bicyclic) bond motifs is 1. The van der Waals surface area contributed by atoms with Gasteiger partial charge in [-0.15, -0.1) is 10.2 Å². The van der Waals surface area contributed by atoms with Crippen molar-refractivity contribution in [1.82, 2.24) is 10.2 Å². The molecule has 0 aliphatic carbocycles. The highest BCUT2D eigenvalue weighted by Crippen LogP contribution is 2.35. The van der Waals surface area contributed by atoms with E-state index in [4.69, 9.17) is 9.47 Å². The van der Waals surface area contributed by atoms with Crippen LogP contribution in [0.1, 0.15) is 43.7 Å². The molecule has 1 aliphatic rings. The summed E-state index contributed by atoms with van der Waals surface area (Å²) in [4.78, 5) is 0. The number of hydrogen-bond acceptors (Lipinski definition) is 7. The van der Waals surface area contributed by atoms with Crippen molar-refractivity contribution < 1.29 is 14.6 Å². The largest absolute Gasteiger partial charge is 0.454 e. The molecule has 1 unspecified atom stereocenters. The topological polar surface area (TPSA) is 76.5 Å². The Bertz CT molecular complexity index is 632. The summed E-state index contributed by atoms with van der Waals surface area (Å²) in [6.07, 6.45) is 3.46. The van der Waals surface area contributed by atoms with E-state index in [0.717, 1.165) is 37.1 Å². The maximum atomic E-state index is 10.1. The molecule has 0 radical (unpaired) electrons. The van der Waals surface area contributed by atoms with Gasteiger partial charge in [-0.05, 0) is 18.6 Å². The van der Waals surface area contributed by atoms with Crippen LogP contribution < -0.4 is 14.8 Å². The SMILES string of the molecule is CCCCCC(O)c1nnc(Nc2ccc3c(c2)OCO3)s1. The Morgan fingerprint density at radius 3 is 3.00 bits per heavy atom. The Labute approximate surface area is 133 Å². The first-order valence-corrected chi connectivity index (χ1v) is 8.26. The minimum Gasteiger partial charge on any atom is -0.454 e. The van der Waals surface area contributed by atoms with Gasteiger partial charge in [0.1, 0.15) is 11.1 Å². The number of nitrogens with one attached hydrogen (secondary N) is 1. The van der Waals surface area contributed by atoms with Crippen molar-refractivity contribution in [3.63, 3.8) is 0 Å². The molecule has 0 amide bonds. The molecule has 1 atom stereocenters. The molecule has 7 heteroatoms. The summed E-state index contributed by atoms with van der Waals surface area (Å²) in [6.45, 7) is 2.40. The molecule has 0 saturated carbocycles. The monoisotopic (exact) mass is 321 g/mol. The van der Waals surface area contributed by atoms with E-state index in [2.05, 4.69) is 22.4 Å². The molecule has 0 spiro atoms. The average molecular weight is 321 g/mol. The summed E-state index contributed by atoms with van der Waals surface area (Å²) < 4.78 is 10.6. The third kappa shape index (κ3) is 3.48. The predicted octanol–water partition coefficient (Wildman–Crippen LogP) is 3.62. The van der Waals surface area contributed by atoms with E-state index < -0.39 is 6.10 Å². The van der Waals surface area contributed by atoms with Crippen LogP contribution in [-0.2, 0) is 0 Å². The van der Waals surface area contributed by atoms with Crippen molar-refractivity contribution in [2.45, 2.75) is 38.7 Å². The van der Waals surface area contributed by atoms with Gasteiger partial charge in [-0.2, -0.15) is 0 Å². The van der Waals surface area contributed by atoms with Crippen LogP contribution in [0.25, 0.3) is 0 Å². The lowest BCUT2D eigenvalue weighted by molar-refractivity contribution is 0.162. The van der Waals surface area contributed by atoms with Gasteiger partial charge in [0.15, 0.2) is 11.5 Å². The minimum absolute atomic E-state index is 0.256. The lowest BCUT2D eigenvalue weighted by Crippen LogP contribution is -1.96. The van der Waals surface area contributed by atoms with Gasteiger partial charge in [0.25, 0.3) is 0 Å². The molecule has 2 aromatic rings. The van der Waals surface area contributed by atoms with E-state index in [9.17, 15) is 5.11 Å². The van der Waals surface area contributed by atoms with E-state index in [-0.39, 0.29) is 6.79 Å². The van der Waals surface area contributed by atoms with Gasteiger partial charge in [0, 0.05) is 11.8 Å². The lowest BCUT2D eigenvalue weighted by Gasteiger charge is -2.05. The summed E-state index contributed by atoms with van der Waals surface area (Å²) in [5.41, 5.74) is 0.854. The molecule has 6 nitrogen and oxygen atoms in total. The molecular formula is C15H19N3O3S. The number of ether oxygens (including phenoxy) is 2. The van der Waals surface area contributed by atoms with Gasteiger partial charge in [-0.1, -0.05) is 37.5 Å². The van der Waals surface area contributed by atoms with Gasteiger partial charge in [-0.3, -0.25) is 0 Å². The Hall–Kier alpha value is -1.86. The molecule has 2 heterocycles. The highest BCUT2D eigenvalue weighted by Gasteiger charge is 2.16. The number of aliphatic hydroxyl groups excluding tert-OH is 1. The number of rotatable bonds is 7. The second-order valence-corrected chi connectivity index (χ2v) is 6.16. The fourth-order valence-electron chi connectivity index (χ4n) is 2.23. The normalized spacial score (nSPS) is 14.1. The number of nitrogens with zero attached hydrogens (tertiary/aromatic N) is 2. The first kappa shape index (κ1) is 15.1. The summed E-state index contributed by atoms with van der Waals surface area (Å²) in [5.74, 6) is 1.46. The zero-order chi connectivity index (χ0) is 15.4. The summed E-state index contributed by atoms with van der Waals surface area (Å²) in [5, 5.41) is 22.7. The molecule has 1 aliphatic heterocycles. The van der Waals surface area contributed by atoms with E-state index in [1.165, 1.54) is 11.3 Å². The Kier molecular flexibility index (Phi) is 4.74. The second-order valence-electron chi connectivity index (χ2n) is 5.15. The Morgan fingerprint density at radius 1 is 1.27 bits per heavy atom. The van der Waals surface area contributed by atoms with Gasteiger partial charge in [-0.25, -0.2) is 0 Å². The number of aromatic nitrogens is 2. The number of unbranched alkanes of at least 4 members (excludes halogenated alkanes) is 2. The molecule has 0 fully saturated rings. The third-order valence-corrected chi connectivity index (χ3v) is 4.37. The fraction of sp³-hybridized carbons (Fsp3) is 0.467. The number of hydrogen-bond donors (Lipinski definition) is 2. The highest BCUT2D eigenvalue weighted by molar-refractivity contribution is 7.15. The first-order chi connectivity index (χ1) is 10.8. The van der Waals surface area contributed by atoms with Crippen LogP contribution in [0.15, 0.2) is 18.2 Å². The maximum absolute atomic E-state index is 10.1. The average Bonchev–Trinajstić information content (AvgIpc) is 3.16. The number of aliphatic hydroxyl groups is 1. The second kappa shape index (κ2) is 6.93. The quantitative estimate of drug-likeness (QED) is 0.759. The van der Waals surface area contributed by atoms with Crippen molar-refractivity contribution >= 4 is 22.2 Å². The van der Waals surface area contributed by atoms with Gasteiger partial charge in [0.2, 0.25) is 11.9 Å². The van der Waals surface area contributed by atoms with E-state index >= 15 is 0 Å². The van der Waals surface area contributed by atoms with Crippen LogP contribution in [0.3, 0.4) is 0 Å². The van der Waals surface area contributed by atoms with Crippen molar-refractivity contribution in [2.75, 3.05) is 12.1 Å². The molecule has 22 heavy (non-hydrogen) atoms.